The van der Waals surface area contributed by atoms with Crippen molar-refractivity contribution < 1.29 is 0 Å². The normalized spacial score (nSPS) is 34.8. The van der Waals surface area contributed by atoms with Gasteiger partial charge in [0.2, 0.25) is 0 Å². The molecule has 0 bridgehead atoms. The van der Waals surface area contributed by atoms with Crippen LogP contribution in [0.25, 0.3) is 0 Å². The third-order valence-corrected chi connectivity index (χ3v) is 5.64. The van der Waals surface area contributed by atoms with Gasteiger partial charge in [0.05, 0.1) is 0 Å². The molecule has 1 spiro atoms. The third kappa shape index (κ3) is 4.23. The molecule has 0 aliphatic heterocycles. The first-order chi connectivity index (χ1) is 9.19. The number of nitrogens with zero attached hydrogens (tertiary/aromatic N) is 1. The number of hydrogen-bond acceptors (Lipinski definition) is 1. The lowest BCUT2D eigenvalue weighted by Crippen LogP contribution is -2.46. The highest BCUT2D eigenvalue weighted by atomic mass is 15.1. The Bertz CT molecular complexity index is 296. The van der Waals surface area contributed by atoms with E-state index in [1.165, 1.54) is 51.5 Å². The molecule has 0 radical (unpaired) electrons. The summed E-state index contributed by atoms with van der Waals surface area (Å²) in [5.74, 6) is 1.83. The van der Waals surface area contributed by atoms with Gasteiger partial charge in [0.1, 0.15) is 0 Å². The van der Waals surface area contributed by atoms with E-state index in [0.717, 1.165) is 23.3 Å². The molecule has 0 aromatic carbocycles. The Balaban J connectivity index is 1.73. The molecule has 0 aromatic rings. The third-order valence-electron chi connectivity index (χ3n) is 5.64. The van der Waals surface area contributed by atoms with Crippen LogP contribution in [0.15, 0.2) is 0 Å². The van der Waals surface area contributed by atoms with Gasteiger partial charge in [0.25, 0.3) is 0 Å². The topological polar surface area (TPSA) is 3.24 Å². The van der Waals surface area contributed by atoms with E-state index in [0.29, 0.717) is 5.41 Å². The summed E-state index contributed by atoms with van der Waals surface area (Å²) in [6.45, 7) is 13.1. The monoisotopic (exact) mass is 279 g/mol. The largest absolute Gasteiger partial charge is 0.303 e. The maximum Gasteiger partial charge on any atom is 0.00927 e. The summed E-state index contributed by atoms with van der Waals surface area (Å²) < 4.78 is 0. The van der Waals surface area contributed by atoms with Crippen LogP contribution in [0.4, 0.5) is 0 Å². The number of hydrogen-bond donors (Lipinski definition) is 0. The van der Waals surface area contributed by atoms with E-state index < -0.39 is 0 Å². The first-order valence-electron chi connectivity index (χ1n) is 8.89. The van der Waals surface area contributed by atoms with Crippen LogP contribution in [0.1, 0.15) is 79.6 Å². The summed E-state index contributed by atoms with van der Waals surface area (Å²) >= 11 is 0. The summed E-state index contributed by atoms with van der Waals surface area (Å²) in [7, 11) is 2.34. The molecule has 0 saturated heterocycles. The molecule has 0 unspecified atom stereocenters. The van der Waals surface area contributed by atoms with Crippen molar-refractivity contribution in [3.8, 4) is 0 Å². The minimum Gasteiger partial charge on any atom is -0.303 e. The highest BCUT2D eigenvalue weighted by molar-refractivity contribution is 4.98. The Kier molecular flexibility index (Phi) is 4.89. The minimum atomic E-state index is 0.529. The Morgan fingerprint density at radius 3 is 2.10 bits per heavy atom. The van der Waals surface area contributed by atoms with Crippen molar-refractivity contribution in [2.75, 3.05) is 13.6 Å². The molecule has 0 heterocycles. The second-order valence-electron chi connectivity index (χ2n) is 9.60. The van der Waals surface area contributed by atoms with Crippen LogP contribution < -0.4 is 0 Å². The zero-order chi connectivity index (χ0) is 15.0. The Morgan fingerprint density at radius 1 is 1.10 bits per heavy atom. The van der Waals surface area contributed by atoms with Gasteiger partial charge >= 0.3 is 0 Å². The van der Waals surface area contributed by atoms with Crippen molar-refractivity contribution in [3.05, 3.63) is 0 Å². The molecule has 0 amide bonds. The van der Waals surface area contributed by atoms with Gasteiger partial charge < -0.3 is 4.90 Å². The lowest BCUT2D eigenvalue weighted by atomic mass is 9.53. The van der Waals surface area contributed by atoms with Gasteiger partial charge in [-0.15, -0.1) is 0 Å². The molecule has 2 rings (SSSR count). The lowest BCUT2D eigenvalue weighted by Gasteiger charge is -2.54. The molecule has 0 N–H and O–H groups in total. The van der Waals surface area contributed by atoms with Crippen LogP contribution in [0.3, 0.4) is 0 Å². The zero-order valence-electron chi connectivity index (χ0n) is 14.8. The van der Waals surface area contributed by atoms with Crippen LogP contribution in [0.2, 0.25) is 0 Å². The van der Waals surface area contributed by atoms with Crippen LogP contribution in [-0.4, -0.2) is 24.5 Å². The van der Waals surface area contributed by atoms with Gasteiger partial charge in [-0.1, -0.05) is 34.6 Å². The molecular weight excluding hydrogens is 242 g/mol. The molecule has 2 fully saturated rings. The predicted octanol–water partition coefficient (Wildman–Crippen LogP) is 5.35. The van der Waals surface area contributed by atoms with Crippen molar-refractivity contribution in [2.24, 2.45) is 22.7 Å². The quantitative estimate of drug-likeness (QED) is 0.670. The van der Waals surface area contributed by atoms with Gasteiger partial charge in [-0.3, -0.25) is 0 Å². The van der Waals surface area contributed by atoms with E-state index in [1.807, 2.05) is 0 Å². The molecule has 2 aliphatic carbocycles. The van der Waals surface area contributed by atoms with Gasteiger partial charge in [0.15, 0.2) is 0 Å². The van der Waals surface area contributed by atoms with Crippen molar-refractivity contribution in [2.45, 2.75) is 85.6 Å². The van der Waals surface area contributed by atoms with E-state index >= 15 is 0 Å². The van der Waals surface area contributed by atoms with E-state index in [2.05, 4.69) is 46.6 Å². The predicted molar refractivity (Wildman–Crippen MR) is 89.0 cm³/mol. The molecule has 2 saturated carbocycles. The second kappa shape index (κ2) is 5.99. The Morgan fingerprint density at radius 2 is 1.65 bits per heavy atom. The molecule has 1 nitrogen and oxygen atoms in total. The summed E-state index contributed by atoms with van der Waals surface area (Å²) in [6, 6.07) is 0.865. The first kappa shape index (κ1) is 16.3. The van der Waals surface area contributed by atoms with Crippen molar-refractivity contribution in [3.63, 3.8) is 0 Å². The highest BCUT2D eigenvalue weighted by Crippen LogP contribution is 2.57. The average Bonchev–Trinajstić information content (AvgIpc) is 2.24. The van der Waals surface area contributed by atoms with Gasteiger partial charge in [-0.05, 0) is 74.7 Å². The lowest BCUT2D eigenvalue weighted by molar-refractivity contribution is -0.0243. The van der Waals surface area contributed by atoms with E-state index in [1.54, 1.807) is 0 Å². The smallest absolute Gasteiger partial charge is 0.00927 e. The van der Waals surface area contributed by atoms with Crippen molar-refractivity contribution >= 4 is 0 Å². The highest BCUT2D eigenvalue weighted by Gasteiger charge is 2.46. The summed E-state index contributed by atoms with van der Waals surface area (Å²) in [5.41, 5.74) is 1.30. The van der Waals surface area contributed by atoms with Crippen molar-refractivity contribution in [1.29, 1.82) is 0 Å². The van der Waals surface area contributed by atoms with Gasteiger partial charge in [-0.25, -0.2) is 0 Å². The van der Waals surface area contributed by atoms with Crippen LogP contribution >= 0.6 is 0 Å². The van der Waals surface area contributed by atoms with E-state index in [9.17, 15) is 0 Å². The van der Waals surface area contributed by atoms with Crippen LogP contribution in [-0.2, 0) is 0 Å². The maximum absolute atomic E-state index is 2.63. The van der Waals surface area contributed by atoms with E-state index in [-0.39, 0.29) is 0 Å². The average molecular weight is 280 g/mol. The molecule has 20 heavy (non-hydrogen) atoms. The SMILES string of the molecule is CC(C)CN(C)C1CCC2(CC1)CC(CC(C)(C)C)C2. The van der Waals surface area contributed by atoms with Crippen LogP contribution in [0, 0.1) is 22.7 Å². The van der Waals surface area contributed by atoms with Gasteiger partial charge in [0, 0.05) is 12.6 Å². The van der Waals surface area contributed by atoms with Gasteiger partial charge in [-0.2, -0.15) is 0 Å². The first-order valence-corrected chi connectivity index (χ1v) is 8.89. The Hall–Kier alpha value is -0.0400. The van der Waals surface area contributed by atoms with Crippen LogP contribution in [0.5, 0.6) is 0 Å². The molecule has 118 valence electrons. The second-order valence-corrected chi connectivity index (χ2v) is 9.60. The van der Waals surface area contributed by atoms with E-state index in [4.69, 9.17) is 0 Å². The standard InChI is InChI=1S/C19H37N/c1-15(2)14-20(6)17-7-9-19(10-8-17)12-16(13-19)11-18(3,4)5/h15-17H,7-14H2,1-6H3. The minimum absolute atomic E-state index is 0.529. The number of rotatable bonds is 4. The molecule has 2 aliphatic rings. The fourth-order valence-corrected chi connectivity index (χ4v) is 4.96. The molecular formula is C19H37N. The Labute approximate surface area is 127 Å². The summed E-state index contributed by atoms with van der Waals surface area (Å²) in [4.78, 5) is 2.63. The molecule has 0 aromatic heterocycles. The van der Waals surface area contributed by atoms with Crippen molar-refractivity contribution in [1.82, 2.24) is 4.90 Å². The fourth-order valence-electron chi connectivity index (χ4n) is 4.96. The fraction of sp³-hybridized carbons (Fsp3) is 1.00. The maximum atomic E-state index is 2.63. The molecule has 1 heteroatoms. The molecule has 0 atom stereocenters. The summed E-state index contributed by atoms with van der Waals surface area (Å²) in [6.07, 6.45) is 10.4. The zero-order valence-corrected chi connectivity index (χ0v) is 14.8. The summed E-state index contributed by atoms with van der Waals surface area (Å²) in [5, 5.41) is 0.